The van der Waals surface area contributed by atoms with Crippen molar-refractivity contribution in [2.75, 3.05) is 5.73 Å². The summed E-state index contributed by atoms with van der Waals surface area (Å²) in [6.07, 6.45) is 3.42. The molecule has 2 aromatic rings. The molecule has 1 heterocycles. The Morgan fingerprint density at radius 1 is 1.12 bits per heavy atom. The van der Waals surface area contributed by atoms with Gasteiger partial charge in [0, 0.05) is 30.1 Å². The van der Waals surface area contributed by atoms with Gasteiger partial charge in [0.15, 0.2) is 0 Å². The van der Waals surface area contributed by atoms with Crippen LogP contribution in [0.5, 0.6) is 0 Å². The zero-order chi connectivity index (χ0) is 11.4. The van der Waals surface area contributed by atoms with E-state index >= 15 is 0 Å². The Bertz CT molecular complexity index is 456. The molecule has 0 saturated heterocycles. The quantitative estimate of drug-likeness (QED) is 0.768. The minimum atomic E-state index is -0.566. The van der Waals surface area contributed by atoms with Crippen LogP contribution < -0.4 is 5.73 Å². The van der Waals surface area contributed by atoms with Crippen LogP contribution in [0.2, 0.25) is 0 Å². The van der Waals surface area contributed by atoms with Crippen LogP contribution in [0.3, 0.4) is 0 Å². The maximum absolute atomic E-state index is 10.1. The lowest BCUT2D eigenvalue weighted by atomic mass is 10.0. The van der Waals surface area contributed by atoms with E-state index in [1.54, 1.807) is 18.5 Å². The molecule has 0 fully saturated rings. The molecule has 1 atom stereocenters. The largest absolute Gasteiger partial charge is 0.398 e. The number of aromatic nitrogens is 1. The predicted molar refractivity (Wildman–Crippen MR) is 63.8 cm³/mol. The summed E-state index contributed by atoms with van der Waals surface area (Å²) in [7, 11) is 0. The van der Waals surface area contributed by atoms with Gasteiger partial charge in [-0.1, -0.05) is 18.2 Å². The summed E-state index contributed by atoms with van der Waals surface area (Å²) in [5, 5.41) is 10.1. The van der Waals surface area contributed by atoms with E-state index in [0.717, 1.165) is 11.1 Å². The van der Waals surface area contributed by atoms with E-state index in [0.29, 0.717) is 12.1 Å². The summed E-state index contributed by atoms with van der Waals surface area (Å²) in [5.74, 6) is 0. The third kappa shape index (κ3) is 2.38. The van der Waals surface area contributed by atoms with E-state index in [-0.39, 0.29) is 0 Å². The van der Waals surface area contributed by atoms with Crippen LogP contribution in [-0.4, -0.2) is 10.1 Å². The number of nitrogens with two attached hydrogens (primary N) is 1. The Morgan fingerprint density at radius 3 is 2.50 bits per heavy atom. The first-order valence-corrected chi connectivity index (χ1v) is 5.19. The summed E-state index contributed by atoms with van der Waals surface area (Å²) in [6, 6.07) is 11.2. The van der Waals surface area contributed by atoms with Crippen LogP contribution in [0.4, 0.5) is 5.69 Å². The third-order valence-corrected chi connectivity index (χ3v) is 2.53. The second-order valence-corrected chi connectivity index (χ2v) is 3.70. The highest BCUT2D eigenvalue weighted by Crippen LogP contribution is 2.22. The van der Waals surface area contributed by atoms with Crippen LogP contribution in [0.15, 0.2) is 48.8 Å². The van der Waals surface area contributed by atoms with Gasteiger partial charge in [-0.05, 0) is 23.8 Å². The summed E-state index contributed by atoms with van der Waals surface area (Å²) in [6.45, 7) is 0. The molecule has 0 radical (unpaired) electrons. The van der Waals surface area contributed by atoms with E-state index in [1.165, 1.54) is 0 Å². The molecule has 82 valence electrons. The first-order valence-electron chi connectivity index (χ1n) is 5.19. The molecule has 0 aliphatic heterocycles. The van der Waals surface area contributed by atoms with E-state index in [4.69, 9.17) is 5.73 Å². The third-order valence-electron chi connectivity index (χ3n) is 2.53. The number of hydrogen-bond donors (Lipinski definition) is 2. The van der Waals surface area contributed by atoms with Gasteiger partial charge >= 0.3 is 0 Å². The zero-order valence-corrected chi connectivity index (χ0v) is 8.88. The normalized spacial score (nSPS) is 12.3. The molecule has 0 saturated carbocycles. The highest BCUT2D eigenvalue weighted by atomic mass is 16.3. The van der Waals surface area contributed by atoms with Crippen LogP contribution in [0.25, 0.3) is 0 Å². The number of para-hydroxylation sites is 1. The molecule has 0 spiro atoms. The number of nitrogen functional groups attached to an aromatic ring is 1. The van der Waals surface area contributed by atoms with Gasteiger partial charge in [0.05, 0.1) is 6.10 Å². The lowest BCUT2D eigenvalue weighted by Crippen LogP contribution is -2.05. The minimum absolute atomic E-state index is 0.552. The molecule has 0 aliphatic rings. The molecular weight excluding hydrogens is 200 g/mol. The van der Waals surface area contributed by atoms with Crippen molar-refractivity contribution in [2.24, 2.45) is 0 Å². The molecule has 3 nitrogen and oxygen atoms in total. The topological polar surface area (TPSA) is 59.1 Å². The average Bonchev–Trinajstić information content (AvgIpc) is 2.31. The van der Waals surface area contributed by atoms with Crippen molar-refractivity contribution in [1.82, 2.24) is 4.98 Å². The SMILES string of the molecule is Nc1ccccc1[C@@H](O)Cc1ccncc1. The van der Waals surface area contributed by atoms with Gasteiger partial charge in [-0.3, -0.25) is 4.98 Å². The van der Waals surface area contributed by atoms with Gasteiger partial charge in [0.25, 0.3) is 0 Å². The van der Waals surface area contributed by atoms with E-state index < -0.39 is 6.10 Å². The molecule has 3 heteroatoms. The monoisotopic (exact) mass is 214 g/mol. The van der Waals surface area contributed by atoms with Crippen molar-refractivity contribution in [3.05, 3.63) is 59.9 Å². The molecule has 0 bridgehead atoms. The van der Waals surface area contributed by atoms with Gasteiger partial charge in [0.1, 0.15) is 0 Å². The standard InChI is InChI=1S/C13H14N2O/c14-12-4-2-1-3-11(12)13(16)9-10-5-7-15-8-6-10/h1-8,13,16H,9,14H2/t13-/m0/s1. The number of nitrogens with zero attached hydrogens (tertiary/aromatic N) is 1. The fourth-order valence-corrected chi connectivity index (χ4v) is 1.67. The van der Waals surface area contributed by atoms with Crippen molar-refractivity contribution < 1.29 is 5.11 Å². The molecule has 0 aliphatic carbocycles. The number of aliphatic hydroxyl groups is 1. The lowest BCUT2D eigenvalue weighted by molar-refractivity contribution is 0.179. The van der Waals surface area contributed by atoms with Gasteiger partial charge in [-0.25, -0.2) is 0 Å². The van der Waals surface area contributed by atoms with Crippen LogP contribution in [-0.2, 0) is 6.42 Å². The van der Waals surface area contributed by atoms with Gasteiger partial charge in [-0.15, -0.1) is 0 Å². The second kappa shape index (κ2) is 4.77. The Kier molecular flexibility index (Phi) is 3.17. The molecule has 1 aromatic heterocycles. The summed E-state index contributed by atoms with van der Waals surface area (Å²) in [5.41, 5.74) is 8.26. The molecule has 0 unspecified atom stereocenters. The Morgan fingerprint density at radius 2 is 1.81 bits per heavy atom. The Balaban J connectivity index is 2.15. The molecule has 16 heavy (non-hydrogen) atoms. The molecule has 1 aromatic carbocycles. The van der Waals surface area contributed by atoms with Gasteiger partial charge in [0.2, 0.25) is 0 Å². The van der Waals surface area contributed by atoms with Gasteiger partial charge < -0.3 is 10.8 Å². The van der Waals surface area contributed by atoms with E-state index in [2.05, 4.69) is 4.98 Å². The lowest BCUT2D eigenvalue weighted by Gasteiger charge is -2.13. The number of aliphatic hydroxyl groups excluding tert-OH is 1. The van der Waals surface area contributed by atoms with E-state index in [1.807, 2.05) is 30.3 Å². The summed E-state index contributed by atoms with van der Waals surface area (Å²) < 4.78 is 0. The second-order valence-electron chi connectivity index (χ2n) is 3.70. The fraction of sp³-hybridized carbons (Fsp3) is 0.154. The first kappa shape index (κ1) is 10.6. The van der Waals surface area contributed by atoms with Crippen LogP contribution in [0.1, 0.15) is 17.2 Å². The number of pyridine rings is 1. The number of rotatable bonds is 3. The predicted octanol–water partition coefficient (Wildman–Crippen LogP) is 1.94. The Hall–Kier alpha value is -1.87. The summed E-state index contributed by atoms with van der Waals surface area (Å²) >= 11 is 0. The van der Waals surface area contributed by atoms with Crippen LogP contribution in [0, 0.1) is 0 Å². The van der Waals surface area contributed by atoms with Crippen molar-refractivity contribution >= 4 is 5.69 Å². The van der Waals surface area contributed by atoms with Crippen molar-refractivity contribution in [1.29, 1.82) is 0 Å². The minimum Gasteiger partial charge on any atom is -0.398 e. The fourth-order valence-electron chi connectivity index (χ4n) is 1.67. The average molecular weight is 214 g/mol. The molecule has 0 amide bonds. The Labute approximate surface area is 94.6 Å². The molecule has 2 rings (SSSR count). The maximum Gasteiger partial charge on any atom is 0.0850 e. The van der Waals surface area contributed by atoms with Gasteiger partial charge in [-0.2, -0.15) is 0 Å². The summed E-state index contributed by atoms with van der Waals surface area (Å²) in [4.78, 5) is 3.94. The van der Waals surface area contributed by atoms with Crippen molar-refractivity contribution in [3.8, 4) is 0 Å². The number of benzene rings is 1. The first-order chi connectivity index (χ1) is 7.77. The number of hydrogen-bond acceptors (Lipinski definition) is 3. The maximum atomic E-state index is 10.1. The molecule has 3 N–H and O–H groups in total. The van der Waals surface area contributed by atoms with Crippen LogP contribution >= 0.6 is 0 Å². The zero-order valence-electron chi connectivity index (χ0n) is 8.88. The van der Waals surface area contributed by atoms with Crippen molar-refractivity contribution in [2.45, 2.75) is 12.5 Å². The number of anilines is 1. The smallest absolute Gasteiger partial charge is 0.0850 e. The van der Waals surface area contributed by atoms with Crippen molar-refractivity contribution in [3.63, 3.8) is 0 Å². The van der Waals surface area contributed by atoms with E-state index in [9.17, 15) is 5.11 Å². The highest BCUT2D eigenvalue weighted by Gasteiger charge is 2.10. The molecular formula is C13H14N2O. The highest BCUT2D eigenvalue weighted by molar-refractivity contribution is 5.47.